The molecule has 7 nitrogen and oxygen atoms in total. The fraction of sp³-hybridized carbons (Fsp3) is 0.842. The molecule has 1 aromatic rings. The van der Waals surface area contributed by atoms with E-state index < -0.39 is 0 Å². The molecule has 26 heavy (non-hydrogen) atoms. The predicted octanol–water partition coefficient (Wildman–Crippen LogP) is 2.59. The summed E-state index contributed by atoms with van der Waals surface area (Å²) in [4.78, 5) is 17.5. The second-order valence-corrected chi connectivity index (χ2v) is 8.31. The maximum absolute atomic E-state index is 13.0. The number of carbonyl (C=O) groups excluding carboxylic acids is 1. The van der Waals surface area contributed by atoms with E-state index in [2.05, 4.69) is 15.5 Å². The Labute approximate surface area is 154 Å². The average Bonchev–Trinajstić information content (AvgIpc) is 3.12. The molecule has 0 unspecified atom stereocenters. The number of ether oxygens (including phenoxy) is 2. The van der Waals surface area contributed by atoms with Crippen LogP contribution < -0.4 is 5.32 Å². The molecule has 3 heterocycles. The summed E-state index contributed by atoms with van der Waals surface area (Å²) >= 11 is 0. The molecular formula is C19H29N3O4. The Morgan fingerprint density at radius 2 is 1.85 bits per heavy atom. The van der Waals surface area contributed by atoms with Crippen LogP contribution in [0.5, 0.6) is 0 Å². The number of hydrogen-bond donors (Lipinski definition) is 1. The molecule has 4 rings (SSSR count). The van der Waals surface area contributed by atoms with Gasteiger partial charge >= 0.3 is 0 Å². The highest BCUT2D eigenvalue weighted by atomic mass is 16.5. The van der Waals surface area contributed by atoms with Crippen LogP contribution in [0.4, 0.5) is 0 Å². The van der Waals surface area contributed by atoms with Gasteiger partial charge in [-0.1, -0.05) is 19.0 Å². The topological polar surface area (TPSA) is 86.5 Å². The standard InChI is InChI=1S/C19H29N3O4/c1-12(2)16-21-18(26-22-16)15(13-3-7-24-8-4-13)20-17(23)14-11-19(14)5-9-25-10-6-19/h12-15H,3-11H2,1-2H3,(H,20,23)/t14-,15+/m1/s1. The van der Waals surface area contributed by atoms with Crippen molar-refractivity contribution in [1.82, 2.24) is 15.5 Å². The van der Waals surface area contributed by atoms with Crippen molar-refractivity contribution < 1.29 is 18.8 Å². The highest BCUT2D eigenvalue weighted by Gasteiger charge is 2.58. The second kappa shape index (κ2) is 7.27. The lowest BCUT2D eigenvalue weighted by molar-refractivity contribution is -0.125. The van der Waals surface area contributed by atoms with E-state index in [-0.39, 0.29) is 35.1 Å². The first-order valence-corrected chi connectivity index (χ1v) is 9.88. The third-order valence-electron chi connectivity index (χ3n) is 6.27. The number of nitrogens with one attached hydrogen (secondary N) is 1. The maximum atomic E-state index is 13.0. The summed E-state index contributed by atoms with van der Waals surface area (Å²) in [6, 6.07) is -0.219. The van der Waals surface area contributed by atoms with Crippen LogP contribution in [0.2, 0.25) is 0 Å². The monoisotopic (exact) mass is 363 g/mol. The van der Waals surface area contributed by atoms with Gasteiger partial charge in [-0.05, 0) is 43.4 Å². The molecule has 3 fully saturated rings. The Morgan fingerprint density at radius 1 is 1.15 bits per heavy atom. The molecule has 2 atom stereocenters. The fourth-order valence-corrected chi connectivity index (χ4v) is 4.34. The van der Waals surface area contributed by atoms with Crippen LogP contribution in [0.1, 0.15) is 69.6 Å². The Kier molecular flexibility index (Phi) is 5.01. The van der Waals surface area contributed by atoms with E-state index in [0.717, 1.165) is 45.3 Å². The van der Waals surface area contributed by atoms with Gasteiger partial charge in [0.1, 0.15) is 6.04 Å². The van der Waals surface area contributed by atoms with Crippen molar-refractivity contribution in [3.05, 3.63) is 11.7 Å². The molecule has 1 N–H and O–H groups in total. The van der Waals surface area contributed by atoms with Gasteiger partial charge in [0.15, 0.2) is 5.82 Å². The van der Waals surface area contributed by atoms with Crippen LogP contribution in [0.15, 0.2) is 4.52 Å². The van der Waals surface area contributed by atoms with Gasteiger partial charge < -0.3 is 19.3 Å². The molecular weight excluding hydrogens is 334 g/mol. The Morgan fingerprint density at radius 3 is 2.50 bits per heavy atom. The molecule has 0 bridgehead atoms. The normalized spacial score (nSPS) is 26.8. The first-order chi connectivity index (χ1) is 12.6. The van der Waals surface area contributed by atoms with Crippen LogP contribution in [0.3, 0.4) is 0 Å². The van der Waals surface area contributed by atoms with Crippen molar-refractivity contribution in [2.45, 2.75) is 57.9 Å². The van der Waals surface area contributed by atoms with Gasteiger partial charge in [0, 0.05) is 38.3 Å². The highest BCUT2D eigenvalue weighted by Crippen LogP contribution is 2.59. The molecule has 144 valence electrons. The van der Waals surface area contributed by atoms with Gasteiger partial charge in [0.25, 0.3) is 0 Å². The summed E-state index contributed by atoms with van der Waals surface area (Å²) in [6.07, 6.45) is 4.75. The van der Waals surface area contributed by atoms with Gasteiger partial charge in [0.05, 0.1) is 0 Å². The molecule has 3 aliphatic rings. The minimum Gasteiger partial charge on any atom is -0.381 e. The Bertz CT molecular complexity index is 632. The molecule has 7 heteroatoms. The lowest BCUT2D eigenvalue weighted by Crippen LogP contribution is -2.38. The van der Waals surface area contributed by atoms with Crippen molar-refractivity contribution in [1.29, 1.82) is 0 Å². The van der Waals surface area contributed by atoms with Crippen LogP contribution in [-0.4, -0.2) is 42.5 Å². The predicted molar refractivity (Wildman–Crippen MR) is 93.4 cm³/mol. The van der Waals surface area contributed by atoms with Crippen molar-refractivity contribution in [2.75, 3.05) is 26.4 Å². The first kappa shape index (κ1) is 17.9. The number of amides is 1. The van der Waals surface area contributed by atoms with E-state index in [1.54, 1.807) is 0 Å². The lowest BCUT2D eigenvalue weighted by Gasteiger charge is -2.29. The summed E-state index contributed by atoms with van der Waals surface area (Å²) in [5.74, 6) is 1.94. The number of rotatable bonds is 5. The van der Waals surface area contributed by atoms with Gasteiger partial charge in [-0.3, -0.25) is 4.79 Å². The van der Waals surface area contributed by atoms with Crippen molar-refractivity contribution >= 4 is 5.91 Å². The molecule has 2 aliphatic heterocycles. The average molecular weight is 363 g/mol. The van der Waals surface area contributed by atoms with Crippen LogP contribution in [0, 0.1) is 17.3 Å². The molecule has 2 saturated heterocycles. The summed E-state index contributed by atoms with van der Waals surface area (Å²) in [5.41, 5.74) is 0.167. The minimum atomic E-state index is -0.219. The summed E-state index contributed by atoms with van der Waals surface area (Å²) in [5, 5.41) is 7.35. The first-order valence-electron chi connectivity index (χ1n) is 9.88. The molecule has 1 spiro atoms. The molecule has 1 amide bonds. The maximum Gasteiger partial charge on any atom is 0.249 e. The lowest BCUT2D eigenvalue weighted by atomic mass is 9.90. The summed E-state index contributed by atoms with van der Waals surface area (Å²) < 4.78 is 16.5. The smallest absolute Gasteiger partial charge is 0.249 e. The molecule has 0 radical (unpaired) electrons. The zero-order valence-corrected chi connectivity index (χ0v) is 15.7. The van der Waals surface area contributed by atoms with Gasteiger partial charge in [-0.2, -0.15) is 4.98 Å². The molecule has 1 aliphatic carbocycles. The quantitative estimate of drug-likeness (QED) is 0.865. The number of carbonyl (C=O) groups is 1. The molecule has 0 aromatic carbocycles. The van der Waals surface area contributed by atoms with E-state index in [1.165, 1.54) is 0 Å². The van der Waals surface area contributed by atoms with Crippen molar-refractivity contribution in [3.8, 4) is 0 Å². The van der Waals surface area contributed by atoms with E-state index in [9.17, 15) is 4.79 Å². The molecule has 1 saturated carbocycles. The zero-order chi connectivity index (χ0) is 18.1. The van der Waals surface area contributed by atoms with Gasteiger partial charge in [-0.15, -0.1) is 0 Å². The van der Waals surface area contributed by atoms with Gasteiger partial charge in [0.2, 0.25) is 11.8 Å². The SMILES string of the molecule is CC(C)c1noc([C@@H](NC(=O)[C@H]2CC23CCOCC3)C2CCOCC2)n1. The zero-order valence-electron chi connectivity index (χ0n) is 15.7. The Balaban J connectivity index is 1.48. The second-order valence-electron chi connectivity index (χ2n) is 8.31. The fourth-order valence-electron chi connectivity index (χ4n) is 4.34. The van der Waals surface area contributed by atoms with E-state index in [1.807, 2.05) is 13.8 Å². The van der Waals surface area contributed by atoms with Crippen molar-refractivity contribution in [3.63, 3.8) is 0 Å². The van der Waals surface area contributed by atoms with E-state index >= 15 is 0 Å². The van der Waals surface area contributed by atoms with Crippen LogP contribution in [0.25, 0.3) is 0 Å². The summed E-state index contributed by atoms with van der Waals surface area (Å²) in [7, 11) is 0. The highest BCUT2D eigenvalue weighted by molar-refractivity contribution is 5.83. The number of nitrogens with zero attached hydrogens (tertiary/aromatic N) is 2. The van der Waals surface area contributed by atoms with Crippen LogP contribution in [-0.2, 0) is 14.3 Å². The molecule has 1 aromatic heterocycles. The van der Waals surface area contributed by atoms with Crippen molar-refractivity contribution in [2.24, 2.45) is 17.3 Å². The van der Waals surface area contributed by atoms with Crippen LogP contribution >= 0.6 is 0 Å². The summed E-state index contributed by atoms with van der Waals surface area (Å²) in [6.45, 7) is 7.05. The largest absolute Gasteiger partial charge is 0.381 e. The Hall–Kier alpha value is -1.47. The number of aromatic nitrogens is 2. The van der Waals surface area contributed by atoms with E-state index in [4.69, 9.17) is 14.0 Å². The van der Waals surface area contributed by atoms with Gasteiger partial charge in [-0.25, -0.2) is 0 Å². The minimum absolute atomic E-state index is 0.0984. The number of hydrogen-bond acceptors (Lipinski definition) is 6. The third kappa shape index (κ3) is 3.51. The van der Waals surface area contributed by atoms with E-state index in [0.29, 0.717) is 24.9 Å². The third-order valence-corrected chi connectivity index (χ3v) is 6.27.